The maximum atomic E-state index is 12.3. The Morgan fingerprint density at radius 1 is 1.15 bits per heavy atom. The number of benzene rings is 2. The Kier molecular flexibility index (Phi) is 4.45. The number of hydrogen-bond donors (Lipinski definition) is 2. The van der Waals surface area contributed by atoms with Gasteiger partial charge in [0, 0.05) is 23.0 Å². The monoisotopic (exact) mass is 386 g/mol. The molecule has 0 spiro atoms. The minimum absolute atomic E-state index is 0. The SMILES string of the molecule is COC(=O)[C@H]1Cc2c([nH]c3ccccc23)C(c2ccc3c(c2)OCO3)N1.Cl. The first-order valence-corrected chi connectivity index (χ1v) is 8.57. The second-order valence-corrected chi connectivity index (χ2v) is 6.56. The molecular formula is C20H19ClN2O4. The largest absolute Gasteiger partial charge is 0.468 e. The number of aromatic amines is 1. The number of rotatable bonds is 2. The van der Waals surface area contributed by atoms with Crippen LogP contribution in [-0.4, -0.2) is 30.9 Å². The van der Waals surface area contributed by atoms with Gasteiger partial charge in [-0.15, -0.1) is 12.4 Å². The number of para-hydroxylation sites is 1. The van der Waals surface area contributed by atoms with Crippen LogP contribution in [0.4, 0.5) is 0 Å². The van der Waals surface area contributed by atoms with Crippen LogP contribution in [0.2, 0.25) is 0 Å². The Labute approximate surface area is 162 Å². The number of H-pyrrole nitrogens is 1. The first kappa shape index (κ1) is 17.7. The topological polar surface area (TPSA) is 72.6 Å². The molecular weight excluding hydrogens is 368 g/mol. The Hall–Kier alpha value is -2.70. The van der Waals surface area contributed by atoms with Gasteiger partial charge in [-0.3, -0.25) is 10.1 Å². The molecule has 140 valence electrons. The molecule has 27 heavy (non-hydrogen) atoms. The van der Waals surface area contributed by atoms with Crippen LogP contribution in [0.5, 0.6) is 11.5 Å². The van der Waals surface area contributed by atoms with E-state index in [1.54, 1.807) is 0 Å². The van der Waals surface area contributed by atoms with E-state index in [4.69, 9.17) is 14.2 Å². The molecule has 0 saturated heterocycles. The van der Waals surface area contributed by atoms with E-state index in [2.05, 4.69) is 22.4 Å². The Balaban J connectivity index is 0.00000180. The highest BCUT2D eigenvalue weighted by atomic mass is 35.5. The van der Waals surface area contributed by atoms with Crippen LogP contribution < -0.4 is 14.8 Å². The molecule has 2 aliphatic heterocycles. The van der Waals surface area contributed by atoms with Crippen LogP contribution in [0, 0.1) is 0 Å². The van der Waals surface area contributed by atoms with Crippen molar-refractivity contribution in [1.29, 1.82) is 0 Å². The fourth-order valence-electron chi connectivity index (χ4n) is 3.88. The zero-order valence-corrected chi connectivity index (χ0v) is 15.5. The molecule has 0 aliphatic carbocycles. The molecule has 3 aromatic rings. The first-order valence-electron chi connectivity index (χ1n) is 8.57. The van der Waals surface area contributed by atoms with Gasteiger partial charge >= 0.3 is 5.97 Å². The van der Waals surface area contributed by atoms with Crippen LogP contribution in [-0.2, 0) is 16.0 Å². The summed E-state index contributed by atoms with van der Waals surface area (Å²) in [5.41, 5.74) is 4.30. The quantitative estimate of drug-likeness (QED) is 0.662. The molecule has 2 aromatic carbocycles. The number of aromatic nitrogens is 1. The molecule has 3 heterocycles. The van der Waals surface area contributed by atoms with E-state index in [1.165, 1.54) is 7.11 Å². The number of nitrogens with one attached hydrogen (secondary N) is 2. The summed E-state index contributed by atoms with van der Waals surface area (Å²) >= 11 is 0. The summed E-state index contributed by atoms with van der Waals surface area (Å²) in [7, 11) is 1.42. The summed E-state index contributed by atoms with van der Waals surface area (Å²) in [6.07, 6.45) is 0.590. The van der Waals surface area contributed by atoms with Crippen LogP contribution >= 0.6 is 12.4 Å². The number of ether oxygens (including phenoxy) is 3. The van der Waals surface area contributed by atoms with Gasteiger partial charge in [-0.05, 0) is 29.3 Å². The molecule has 0 radical (unpaired) electrons. The molecule has 0 bridgehead atoms. The van der Waals surface area contributed by atoms with Gasteiger partial charge in [0.2, 0.25) is 6.79 Å². The van der Waals surface area contributed by atoms with E-state index in [0.29, 0.717) is 6.42 Å². The highest BCUT2D eigenvalue weighted by molar-refractivity contribution is 5.87. The molecule has 2 aliphatic rings. The predicted octanol–water partition coefficient (Wildman–Crippen LogP) is 3.10. The van der Waals surface area contributed by atoms with Crippen molar-refractivity contribution in [2.75, 3.05) is 13.9 Å². The smallest absolute Gasteiger partial charge is 0.323 e. The highest BCUT2D eigenvalue weighted by Crippen LogP contribution is 2.39. The molecule has 2 N–H and O–H groups in total. The molecule has 5 rings (SSSR count). The zero-order chi connectivity index (χ0) is 17.7. The van der Waals surface area contributed by atoms with Crippen molar-refractivity contribution < 1.29 is 19.0 Å². The molecule has 6 nitrogen and oxygen atoms in total. The lowest BCUT2D eigenvalue weighted by Gasteiger charge is -2.30. The lowest BCUT2D eigenvalue weighted by Crippen LogP contribution is -2.45. The van der Waals surface area contributed by atoms with Crippen molar-refractivity contribution in [1.82, 2.24) is 10.3 Å². The number of carbonyl (C=O) groups is 1. The minimum Gasteiger partial charge on any atom is -0.468 e. The van der Waals surface area contributed by atoms with Crippen LogP contribution in [0.25, 0.3) is 10.9 Å². The van der Waals surface area contributed by atoms with Gasteiger partial charge in [0.15, 0.2) is 11.5 Å². The lowest BCUT2D eigenvalue weighted by atomic mass is 9.90. The van der Waals surface area contributed by atoms with Gasteiger partial charge in [-0.25, -0.2) is 0 Å². The average Bonchev–Trinajstić information content (AvgIpc) is 3.30. The van der Waals surface area contributed by atoms with E-state index in [9.17, 15) is 4.79 Å². The Morgan fingerprint density at radius 3 is 2.81 bits per heavy atom. The molecule has 0 fully saturated rings. The van der Waals surface area contributed by atoms with Crippen LogP contribution in [0.1, 0.15) is 22.9 Å². The number of hydrogen-bond acceptors (Lipinski definition) is 5. The van der Waals surface area contributed by atoms with Gasteiger partial charge < -0.3 is 19.2 Å². The molecule has 0 amide bonds. The maximum Gasteiger partial charge on any atom is 0.323 e. The predicted molar refractivity (Wildman–Crippen MR) is 103 cm³/mol. The van der Waals surface area contributed by atoms with E-state index < -0.39 is 6.04 Å². The van der Waals surface area contributed by atoms with Crippen molar-refractivity contribution in [3.63, 3.8) is 0 Å². The van der Waals surface area contributed by atoms with Crippen molar-refractivity contribution in [3.8, 4) is 11.5 Å². The molecule has 2 atom stereocenters. The maximum absolute atomic E-state index is 12.3. The van der Waals surface area contributed by atoms with Crippen LogP contribution in [0.15, 0.2) is 42.5 Å². The third kappa shape index (κ3) is 2.81. The summed E-state index contributed by atoms with van der Waals surface area (Å²) in [6, 6.07) is 13.5. The molecule has 1 aromatic heterocycles. The first-order chi connectivity index (χ1) is 12.7. The average molecular weight is 387 g/mol. The van der Waals surface area contributed by atoms with Crippen molar-refractivity contribution in [2.45, 2.75) is 18.5 Å². The van der Waals surface area contributed by atoms with Crippen molar-refractivity contribution in [2.24, 2.45) is 0 Å². The zero-order valence-electron chi connectivity index (χ0n) is 14.7. The number of esters is 1. The van der Waals surface area contributed by atoms with Gasteiger partial charge in [0.1, 0.15) is 6.04 Å². The fourth-order valence-corrected chi connectivity index (χ4v) is 3.88. The van der Waals surface area contributed by atoms with E-state index in [1.807, 2.05) is 30.3 Å². The summed E-state index contributed by atoms with van der Waals surface area (Å²) in [6.45, 7) is 0.235. The lowest BCUT2D eigenvalue weighted by molar-refractivity contribution is -0.143. The van der Waals surface area contributed by atoms with Gasteiger partial charge in [0.25, 0.3) is 0 Å². The summed E-state index contributed by atoms with van der Waals surface area (Å²) in [4.78, 5) is 15.8. The van der Waals surface area contributed by atoms with E-state index >= 15 is 0 Å². The molecule has 7 heteroatoms. The number of carbonyl (C=O) groups excluding carboxylic acids is 1. The second kappa shape index (κ2) is 6.79. The normalized spacial score (nSPS) is 20.0. The number of methoxy groups -OCH3 is 1. The summed E-state index contributed by atoms with van der Waals surface area (Å²) in [5, 5.41) is 4.57. The minimum atomic E-state index is -0.401. The van der Waals surface area contributed by atoms with E-state index in [0.717, 1.165) is 39.2 Å². The Bertz CT molecular complexity index is 1020. The van der Waals surface area contributed by atoms with Gasteiger partial charge in [0.05, 0.1) is 13.2 Å². The summed E-state index contributed by atoms with van der Waals surface area (Å²) in [5.74, 6) is 1.21. The molecule has 0 saturated carbocycles. The highest BCUT2D eigenvalue weighted by Gasteiger charge is 2.35. The third-order valence-corrected chi connectivity index (χ3v) is 5.13. The van der Waals surface area contributed by atoms with Gasteiger partial charge in [-0.1, -0.05) is 24.3 Å². The summed E-state index contributed by atoms with van der Waals surface area (Å²) < 4.78 is 15.9. The van der Waals surface area contributed by atoms with E-state index in [-0.39, 0.29) is 31.2 Å². The second-order valence-electron chi connectivity index (χ2n) is 6.56. The number of halogens is 1. The van der Waals surface area contributed by atoms with Gasteiger partial charge in [-0.2, -0.15) is 0 Å². The third-order valence-electron chi connectivity index (χ3n) is 5.13. The number of fused-ring (bicyclic) bond motifs is 4. The molecule has 1 unspecified atom stereocenters. The Morgan fingerprint density at radius 2 is 1.96 bits per heavy atom. The standard InChI is InChI=1S/C20H18N2O4.ClH/c1-24-20(23)15-9-13-12-4-2-3-5-14(12)21-19(13)18(22-15)11-6-7-16-17(8-11)26-10-25-16;/h2-8,15,18,21-22H,9-10H2,1H3;1H/t15-,18?;/m1./s1. The van der Waals surface area contributed by atoms with Crippen molar-refractivity contribution >= 4 is 29.3 Å². The van der Waals surface area contributed by atoms with Crippen LogP contribution in [0.3, 0.4) is 0 Å². The van der Waals surface area contributed by atoms with Crippen molar-refractivity contribution in [3.05, 3.63) is 59.3 Å². The fraction of sp³-hybridized carbons (Fsp3) is 0.250.